The van der Waals surface area contributed by atoms with Gasteiger partial charge >= 0.3 is 6.18 Å². The summed E-state index contributed by atoms with van der Waals surface area (Å²) < 4.78 is 66.1. The average Bonchev–Trinajstić information content (AvgIpc) is 2.81. The van der Waals surface area contributed by atoms with Crippen molar-refractivity contribution >= 4 is 11.9 Å². The Morgan fingerprint density at radius 3 is 2.31 bits per heavy atom. The molecule has 2 aromatic rings. The first kappa shape index (κ1) is 23.5. The number of carbonyl (C=O) groups is 1. The van der Waals surface area contributed by atoms with Crippen molar-refractivity contribution in [2.24, 2.45) is 4.99 Å². The topological polar surface area (TPSA) is 39.2 Å². The average molecular weight is 490 g/mol. The van der Waals surface area contributed by atoms with Gasteiger partial charge < -0.3 is 4.90 Å². The fourth-order valence-electron chi connectivity index (χ4n) is 4.85. The second-order valence-corrected chi connectivity index (χ2v) is 8.94. The lowest BCUT2D eigenvalue weighted by atomic mass is 9.99. The van der Waals surface area contributed by atoms with Gasteiger partial charge in [-0.15, -0.1) is 0 Å². The summed E-state index contributed by atoms with van der Waals surface area (Å²) in [5.74, 6) is -1.02. The lowest BCUT2D eigenvalue weighted by Crippen LogP contribution is -2.56. The van der Waals surface area contributed by atoms with Gasteiger partial charge in [0, 0.05) is 50.9 Å². The van der Waals surface area contributed by atoms with Gasteiger partial charge in [-0.1, -0.05) is 12.1 Å². The molecule has 5 nitrogen and oxygen atoms in total. The van der Waals surface area contributed by atoms with Crippen LogP contribution in [0.25, 0.3) is 0 Å². The molecule has 2 aromatic carbocycles. The van der Waals surface area contributed by atoms with Gasteiger partial charge in [-0.3, -0.25) is 19.6 Å². The molecule has 3 aliphatic rings. The van der Waals surface area contributed by atoms with Crippen LogP contribution >= 0.6 is 0 Å². The molecule has 0 radical (unpaired) electrons. The van der Waals surface area contributed by atoms with Crippen LogP contribution in [0.5, 0.6) is 0 Å². The monoisotopic (exact) mass is 490 g/mol. The molecule has 0 unspecified atom stereocenters. The number of alkyl halides is 3. The molecule has 5 rings (SSSR count). The number of amides is 1. The van der Waals surface area contributed by atoms with Gasteiger partial charge in [-0.25, -0.2) is 8.78 Å². The molecule has 0 aromatic heterocycles. The second-order valence-electron chi connectivity index (χ2n) is 8.94. The molecule has 0 fully saturated rings. The maximum atomic E-state index is 13.6. The van der Waals surface area contributed by atoms with E-state index >= 15 is 0 Å². The Morgan fingerprint density at radius 1 is 0.914 bits per heavy atom. The summed E-state index contributed by atoms with van der Waals surface area (Å²) >= 11 is 0. The third kappa shape index (κ3) is 4.80. The fraction of sp³-hybridized carbons (Fsp3) is 0.360. The van der Waals surface area contributed by atoms with Crippen molar-refractivity contribution in [3.05, 3.63) is 82.1 Å². The van der Waals surface area contributed by atoms with E-state index in [-0.39, 0.29) is 12.5 Å². The molecule has 3 heterocycles. The van der Waals surface area contributed by atoms with Gasteiger partial charge in [0.1, 0.15) is 11.6 Å². The summed E-state index contributed by atoms with van der Waals surface area (Å²) in [5, 5.41) is 0. The normalized spacial score (nSPS) is 19.0. The maximum Gasteiger partial charge on any atom is 0.416 e. The van der Waals surface area contributed by atoms with Crippen LogP contribution in [-0.2, 0) is 24.1 Å². The standard InChI is InChI=1S/C25H23F5N4O/c26-19-10-17(11-20(27)12-19)13-32-9-6-22-21(15-32)23(35)34(24-31-7-1-8-33(22)24)14-16-2-4-18(5-3-16)25(28,29)30/h2-5,10-12H,1,6-9,13-15H2. The first-order valence-corrected chi connectivity index (χ1v) is 11.4. The first-order chi connectivity index (χ1) is 16.7. The van der Waals surface area contributed by atoms with Crippen molar-refractivity contribution in [1.29, 1.82) is 0 Å². The van der Waals surface area contributed by atoms with Crippen molar-refractivity contribution in [2.45, 2.75) is 32.1 Å². The van der Waals surface area contributed by atoms with E-state index in [9.17, 15) is 26.7 Å². The van der Waals surface area contributed by atoms with Crippen molar-refractivity contribution in [3.8, 4) is 0 Å². The third-order valence-electron chi connectivity index (χ3n) is 6.45. The van der Waals surface area contributed by atoms with Crippen molar-refractivity contribution in [3.63, 3.8) is 0 Å². The maximum absolute atomic E-state index is 13.6. The van der Waals surface area contributed by atoms with E-state index < -0.39 is 23.4 Å². The number of nitrogens with zero attached hydrogens (tertiary/aromatic N) is 4. The predicted octanol–water partition coefficient (Wildman–Crippen LogP) is 4.55. The predicted molar refractivity (Wildman–Crippen MR) is 119 cm³/mol. The summed E-state index contributed by atoms with van der Waals surface area (Å²) in [6.07, 6.45) is -3.01. The molecular formula is C25H23F5N4O. The van der Waals surface area contributed by atoms with Crippen molar-refractivity contribution in [2.75, 3.05) is 26.2 Å². The number of rotatable bonds is 4. The van der Waals surface area contributed by atoms with E-state index in [1.807, 2.05) is 9.80 Å². The lowest BCUT2D eigenvalue weighted by Gasteiger charge is -2.45. The summed E-state index contributed by atoms with van der Waals surface area (Å²) in [4.78, 5) is 23.7. The van der Waals surface area contributed by atoms with E-state index in [4.69, 9.17) is 0 Å². The Hall–Kier alpha value is -3.27. The van der Waals surface area contributed by atoms with Crippen LogP contribution in [0.4, 0.5) is 22.0 Å². The first-order valence-electron chi connectivity index (χ1n) is 11.4. The van der Waals surface area contributed by atoms with Gasteiger partial charge in [-0.2, -0.15) is 13.2 Å². The minimum Gasteiger partial charge on any atom is -0.315 e. The molecule has 35 heavy (non-hydrogen) atoms. The SMILES string of the molecule is O=C1C2=C(CCN(Cc3cc(F)cc(F)c3)C2)N2CCCN=C2N1Cc1ccc(C(F)(F)F)cc1. The Balaban J connectivity index is 1.39. The number of benzene rings is 2. The molecule has 0 atom stereocenters. The molecular weight excluding hydrogens is 467 g/mol. The number of guanidine groups is 1. The summed E-state index contributed by atoms with van der Waals surface area (Å²) in [6.45, 7) is 2.58. The van der Waals surface area contributed by atoms with Crippen LogP contribution in [0.3, 0.4) is 0 Å². The number of hydrogen-bond acceptors (Lipinski definition) is 4. The summed E-state index contributed by atoms with van der Waals surface area (Å²) in [5.41, 5.74) is 1.78. The van der Waals surface area contributed by atoms with Gasteiger partial charge in [0.2, 0.25) is 5.96 Å². The van der Waals surface area contributed by atoms with Crippen LogP contribution in [0, 0.1) is 11.6 Å². The number of hydrogen-bond donors (Lipinski definition) is 0. The molecule has 0 aliphatic carbocycles. The molecule has 184 valence electrons. The molecule has 3 aliphatic heterocycles. The molecule has 0 spiro atoms. The number of aliphatic imine (C=N–C) groups is 1. The zero-order chi connectivity index (χ0) is 24.7. The van der Waals surface area contributed by atoms with Crippen LogP contribution in [0.1, 0.15) is 29.5 Å². The highest BCUT2D eigenvalue weighted by Crippen LogP contribution is 2.33. The van der Waals surface area contributed by atoms with Crippen molar-refractivity contribution in [1.82, 2.24) is 14.7 Å². The lowest BCUT2D eigenvalue weighted by molar-refractivity contribution is -0.137. The Labute approximate surface area is 199 Å². The zero-order valence-electron chi connectivity index (χ0n) is 18.8. The Morgan fingerprint density at radius 2 is 1.63 bits per heavy atom. The Bertz CT molecular complexity index is 1190. The molecule has 10 heteroatoms. The van der Waals surface area contributed by atoms with Crippen LogP contribution in [0.15, 0.2) is 58.7 Å². The number of fused-ring (bicyclic) bond motifs is 2. The van der Waals surface area contributed by atoms with Gasteiger partial charge in [-0.05, 0) is 41.8 Å². The largest absolute Gasteiger partial charge is 0.416 e. The minimum absolute atomic E-state index is 0.0954. The highest BCUT2D eigenvalue weighted by Gasteiger charge is 2.40. The molecule has 0 N–H and O–H groups in total. The molecule has 1 amide bonds. The van der Waals surface area contributed by atoms with Gasteiger partial charge in [0.15, 0.2) is 0 Å². The van der Waals surface area contributed by atoms with Crippen molar-refractivity contribution < 1.29 is 26.7 Å². The second kappa shape index (κ2) is 9.07. The van der Waals surface area contributed by atoms with Crippen LogP contribution in [-0.4, -0.2) is 52.7 Å². The van der Waals surface area contributed by atoms with Crippen LogP contribution < -0.4 is 0 Å². The molecule has 0 saturated carbocycles. The van der Waals surface area contributed by atoms with E-state index in [0.29, 0.717) is 61.8 Å². The Kier molecular flexibility index (Phi) is 6.08. The fourth-order valence-corrected chi connectivity index (χ4v) is 4.85. The van der Waals surface area contributed by atoms with E-state index in [1.165, 1.54) is 29.2 Å². The number of halogens is 5. The van der Waals surface area contributed by atoms with E-state index in [0.717, 1.165) is 30.3 Å². The summed E-state index contributed by atoms with van der Waals surface area (Å²) in [7, 11) is 0. The highest BCUT2D eigenvalue weighted by atomic mass is 19.4. The van der Waals surface area contributed by atoms with Gasteiger partial charge in [0.25, 0.3) is 5.91 Å². The molecule has 0 saturated heterocycles. The van der Waals surface area contributed by atoms with E-state index in [2.05, 4.69) is 4.99 Å². The highest BCUT2D eigenvalue weighted by molar-refractivity contribution is 6.09. The third-order valence-corrected chi connectivity index (χ3v) is 6.45. The minimum atomic E-state index is -4.43. The quantitative estimate of drug-likeness (QED) is 0.591. The summed E-state index contributed by atoms with van der Waals surface area (Å²) in [6, 6.07) is 8.15. The zero-order valence-corrected chi connectivity index (χ0v) is 18.8. The van der Waals surface area contributed by atoms with E-state index in [1.54, 1.807) is 0 Å². The number of carbonyl (C=O) groups excluding carboxylic acids is 1. The van der Waals surface area contributed by atoms with Gasteiger partial charge in [0.05, 0.1) is 17.7 Å². The smallest absolute Gasteiger partial charge is 0.315 e. The molecule has 0 bridgehead atoms. The van der Waals surface area contributed by atoms with Crippen LogP contribution in [0.2, 0.25) is 0 Å².